The molecular weight excluding hydrogens is 214 g/mol. The van der Waals surface area contributed by atoms with Crippen LogP contribution >= 0.6 is 0 Å². The van der Waals surface area contributed by atoms with Gasteiger partial charge >= 0.3 is 0 Å². The molecule has 0 spiro atoms. The van der Waals surface area contributed by atoms with Crippen molar-refractivity contribution in [2.45, 2.75) is 51.7 Å². The Labute approximate surface area is 104 Å². The molecule has 0 aliphatic carbocycles. The molecule has 0 aromatic carbocycles. The highest BCUT2D eigenvalue weighted by Crippen LogP contribution is 2.37. The van der Waals surface area contributed by atoms with E-state index >= 15 is 0 Å². The van der Waals surface area contributed by atoms with E-state index in [1.807, 2.05) is 13.0 Å². The molecule has 1 fully saturated rings. The van der Waals surface area contributed by atoms with Gasteiger partial charge in [-0.1, -0.05) is 6.92 Å². The van der Waals surface area contributed by atoms with E-state index in [0.29, 0.717) is 0 Å². The number of furan rings is 1. The first-order chi connectivity index (χ1) is 8.15. The topological polar surface area (TPSA) is 34.4 Å². The summed E-state index contributed by atoms with van der Waals surface area (Å²) in [4.78, 5) is 0. The largest absolute Gasteiger partial charge is 0.465 e. The van der Waals surface area contributed by atoms with Crippen LogP contribution in [0.25, 0.3) is 0 Å². The molecule has 1 saturated heterocycles. The fraction of sp³-hybridized carbons (Fsp3) is 0.714. The van der Waals surface area contributed by atoms with Crippen LogP contribution in [-0.4, -0.2) is 18.8 Å². The fourth-order valence-electron chi connectivity index (χ4n) is 2.54. The Morgan fingerprint density at radius 1 is 1.47 bits per heavy atom. The maximum Gasteiger partial charge on any atom is 0.124 e. The normalized spacial score (nSPS) is 26.3. The van der Waals surface area contributed by atoms with Crippen molar-refractivity contribution in [2.24, 2.45) is 0 Å². The van der Waals surface area contributed by atoms with E-state index in [4.69, 9.17) is 9.15 Å². The van der Waals surface area contributed by atoms with Gasteiger partial charge in [-0.3, -0.25) is 0 Å². The van der Waals surface area contributed by atoms with Gasteiger partial charge in [0.05, 0.1) is 11.6 Å². The van der Waals surface area contributed by atoms with Gasteiger partial charge in [0, 0.05) is 6.61 Å². The number of ether oxygens (including phenoxy) is 1. The first-order valence-corrected chi connectivity index (χ1v) is 6.59. The lowest BCUT2D eigenvalue weighted by Gasteiger charge is -2.32. The molecule has 3 nitrogen and oxygen atoms in total. The van der Waals surface area contributed by atoms with Gasteiger partial charge in [0.15, 0.2) is 0 Å². The minimum absolute atomic E-state index is 0.126. The van der Waals surface area contributed by atoms with Crippen molar-refractivity contribution < 1.29 is 9.15 Å². The second-order valence-electron chi connectivity index (χ2n) is 5.10. The summed E-state index contributed by atoms with van der Waals surface area (Å²) in [6, 6.07) is 4.25. The van der Waals surface area contributed by atoms with Gasteiger partial charge in [0.25, 0.3) is 0 Å². The molecule has 1 aromatic heterocycles. The predicted octanol–water partition coefficient (Wildman–Crippen LogP) is 3.20. The smallest absolute Gasteiger partial charge is 0.124 e. The second kappa shape index (κ2) is 5.23. The average Bonchev–Trinajstić information content (AvgIpc) is 2.89. The predicted molar refractivity (Wildman–Crippen MR) is 68.1 cm³/mol. The van der Waals surface area contributed by atoms with Gasteiger partial charge in [-0.2, -0.15) is 0 Å². The van der Waals surface area contributed by atoms with E-state index in [2.05, 4.69) is 25.2 Å². The van der Waals surface area contributed by atoms with Gasteiger partial charge < -0.3 is 14.5 Å². The summed E-state index contributed by atoms with van der Waals surface area (Å²) in [5.74, 6) is 1.96. The zero-order chi connectivity index (χ0) is 12.3. The number of aryl methyl sites for hydroxylation is 1. The summed E-state index contributed by atoms with van der Waals surface area (Å²) in [7, 11) is 0. The van der Waals surface area contributed by atoms with E-state index < -0.39 is 0 Å². The molecule has 2 rings (SSSR count). The van der Waals surface area contributed by atoms with Crippen LogP contribution in [0.1, 0.15) is 50.7 Å². The third kappa shape index (κ3) is 2.72. The molecule has 96 valence electrons. The summed E-state index contributed by atoms with van der Waals surface area (Å²) in [6.07, 6.45) is 3.35. The molecule has 1 N–H and O–H groups in total. The summed E-state index contributed by atoms with van der Waals surface area (Å²) in [5.41, 5.74) is -0.126. The second-order valence-corrected chi connectivity index (χ2v) is 5.10. The van der Waals surface area contributed by atoms with Crippen LogP contribution in [-0.2, 0) is 4.74 Å². The zero-order valence-corrected chi connectivity index (χ0v) is 11.1. The lowest BCUT2D eigenvalue weighted by Crippen LogP contribution is -2.41. The van der Waals surface area contributed by atoms with Crippen LogP contribution in [0.5, 0.6) is 0 Å². The molecule has 2 atom stereocenters. The van der Waals surface area contributed by atoms with Gasteiger partial charge in [0.2, 0.25) is 0 Å². The average molecular weight is 237 g/mol. The van der Waals surface area contributed by atoms with Crippen LogP contribution < -0.4 is 5.32 Å². The molecule has 0 radical (unpaired) electrons. The van der Waals surface area contributed by atoms with E-state index in [-0.39, 0.29) is 11.6 Å². The zero-order valence-electron chi connectivity index (χ0n) is 11.1. The third-order valence-corrected chi connectivity index (χ3v) is 3.50. The van der Waals surface area contributed by atoms with Crippen molar-refractivity contribution in [3.63, 3.8) is 0 Å². The lowest BCUT2D eigenvalue weighted by atomic mass is 9.91. The molecule has 0 bridgehead atoms. The van der Waals surface area contributed by atoms with Crippen molar-refractivity contribution in [1.82, 2.24) is 5.32 Å². The summed E-state index contributed by atoms with van der Waals surface area (Å²) < 4.78 is 11.7. The van der Waals surface area contributed by atoms with Crippen molar-refractivity contribution in [1.29, 1.82) is 0 Å². The molecule has 1 aliphatic heterocycles. The van der Waals surface area contributed by atoms with Crippen molar-refractivity contribution in [3.05, 3.63) is 23.7 Å². The van der Waals surface area contributed by atoms with Crippen LogP contribution in [0.3, 0.4) is 0 Å². The Kier molecular flexibility index (Phi) is 3.89. The summed E-state index contributed by atoms with van der Waals surface area (Å²) in [6.45, 7) is 8.20. The molecule has 17 heavy (non-hydrogen) atoms. The van der Waals surface area contributed by atoms with Gasteiger partial charge in [-0.25, -0.2) is 0 Å². The first kappa shape index (κ1) is 12.7. The summed E-state index contributed by atoms with van der Waals surface area (Å²) in [5, 5.41) is 3.56. The maximum atomic E-state index is 5.94. The highest BCUT2D eigenvalue weighted by Gasteiger charge is 2.40. The van der Waals surface area contributed by atoms with Gasteiger partial charge in [-0.15, -0.1) is 0 Å². The SMILES string of the molecule is CCCNC(c1ccc(C)o1)C1(C)CCCO1. The van der Waals surface area contributed by atoms with Crippen molar-refractivity contribution in [3.8, 4) is 0 Å². The Morgan fingerprint density at radius 2 is 2.29 bits per heavy atom. The van der Waals surface area contributed by atoms with Crippen molar-refractivity contribution >= 4 is 0 Å². The Balaban J connectivity index is 2.18. The monoisotopic (exact) mass is 237 g/mol. The van der Waals surface area contributed by atoms with Crippen LogP contribution in [0, 0.1) is 6.92 Å². The minimum atomic E-state index is -0.126. The highest BCUT2D eigenvalue weighted by atomic mass is 16.5. The molecule has 0 saturated carbocycles. The van der Waals surface area contributed by atoms with E-state index in [1.54, 1.807) is 0 Å². The first-order valence-electron chi connectivity index (χ1n) is 6.59. The van der Waals surface area contributed by atoms with Crippen molar-refractivity contribution in [2.75, 3.05) is 13.2 Å². The molecule has 0 amide bonds. The third-order valence-electron chi connectivity index (χ3n) is 3.50. The number of hydrogen-bond donors (Lipinski definition) is 1. The van der Waals surface area contributed by atoms with E-state index in [1.165, 1.54) is 0 Å². The Hall–Kier alpha value is -0.800. The number of hydrogen-bond acceptors (Lipinski definition) is 3. The Bertz CT molecular complexity index is 353. The standard InChI is InChI=1S/C14H23NO2/c1-4-9-15-13(12-7-6-11(2)17-12)14(3)8-5-10-16-14/h6-7,13,15H,4-5,8-10H2,1-3H3. The molecule has 3 heteroatoms. The molecule has 1 aromatic rings. The fourth-order valence-corrected chi connectivity index (χ4v) is 2.54. The molecule has 2 heterocycles. The van der Waals surface area contributed by atoms with E-state index in [9.17, 15) is 0 Å². The molecule has 1 aliphatic rings. The lowest BCUT2D eigenvalue weighted by molar-refractivity contribution is -0.0182. The highest BCUT2D eigenvalue weighted by molar-refractivity contribution is 5.14. The molecule has 2 unspecified atom stereocenters. The summed E-state index contributed by atoms with van der Waals surface area (Å²) >= 11 is 0. The van der Waals surface area contributed by atoms with Gasteiger partial charge in [0.1, 0.15) is 11.5 Å². The number of rotatable bonds is 5. The number of nitrogens with one attached hydrogen (secondary N) is 1. The maximum absolute atomic E-state index is 5.94. The van der Waals surface area contributed by atoms with Crippen LogP contribution in [0.2, 0.25) is 0 Å². The minimum Gasteiger partial charge on any atom is -0.465 e. The molecular formula is C14H23NO2. The quantitative estimate of drug-likeness (QED) is 0.854. The van der Waals surface area contributed by atoms with Gasteiger partial charge in [-0.05, 0) is 51.8 Å². The van der Waals surface area contributed by atoms with Crippen LogP contribution in [0.15, 0.2) is 16.5 Å². The Morgan fingerprint density at radius 3 is 2.82 bits per heavy atom. The van der Waals surface area contributed by atoms with Crippen LogP contribution in [0.4, 0.5) is 0 Å². The van der Waals surface area contributed by atoms with E-state index in [0.717, 1.165) is 43.9 Å².